The highest BCUT2D eigenvalue weighted by Gasteiger charge is 2.28. The Morgan fingerprint density at radius 1 is 1.38 bits per heavy atom. The fourth-order valence-electron chi connectivity index (χ4n) is 3.78. The van der Waals surface area contributed by atoms with E-state index in [0.29, 0.717) is 18.5 Å². The van der Waals surface area contributed by atoms with E-state index >= 15 is 0 Å². The number of hydrogen-bond acceptors (Lipinski definition) is 4. The second-order valence-corrected chi connectivity index (χ2v) is 7.22. The van der Waals surface area contributed by atoms with Crippen LogP contribution in [0.4, 0.5) is 0 Å². The van der Waals surface area contributed by atoms with Crippen LogP contribution >= 0.6 is 24.0 Å². The molecule has 2 N–H and O–H groups in total. The van der Waals surface area contributed by atoms with E-state index in [9.17, 15) is 0 Å². The highest BCUT2D eigenvalue weighted by atomic mass is 127. The summed E-state index contributed by atoms with van der Waals surface area (Å²) in [6.07, 6.45) is 8.46. The summed E-state index contributed by atoms with van der Waals surface area (Å²) < 4.78 is 2.21. The van der Waals surface area contributed by atoms with E-state index in [1.54, 1.807) is 0 Å². The monoisotopic (exact) mass is 506 g/mol. The van der Waals surface area contributed by atoms with Crippen LogP contribution in [-0.4, -0.2) is 55.7 Å². The van der Waals surface area contributed by atoms with Crippen LogP contribution in [0.5, 0.6) is 0 Å². The molecule has 0 amide bonds. The summed E-state index contributed by atoms with van der Waals surface area (Å²) in [6.45, 7) is 4.95. The third-order valence-electron chi connectivity index (χ3n) is 5.40. The van der Waals surface area contributed by atoms with Crippen LogP contribution in [0.2, 0.25) is 0 Å². The molecule has 2 aromatic heterocycles. The Hall–Kier alpha value is -2.43. The Morgan fingerprint density at radius 2 is 2.28 bits per heavy atom. The van der Waals surface area contributed by atoms with Crippen molar-refractivity contribution in [2.75, 3.05) is 20.1 Å². The molecule has 0 saturated carbocycles. The molecule has 2 atom stereocenters. The van der Waals surface area contributed by atoms with Crippen molar-refractivity contribution in [3.05, 3.63) is 54.9 Å². The van der Waals surface area contributed by atoms with Crippen LogP contribution in [0, 0.1) is 5.92 Å². The van der Waals surface area contributed by atoms with Gasteiger partial charge in [0.1, 0.15) is 6.33 Å². The van der Waals surface area contributed by atoms with Crippen molar-refractivity contribution in [1.29, 1.82) is 0 Å². The Bertz CT molecular complexity index is 906. The summed E-state index contributed by atoms with van der Waals surface area (Å²) in [7, 11) is 1.84. The van der Waals surface area contributed by atoms with Crippen LogP contribution < -0.4 is 5.32 Å². The maximum Gasteiger partial charge on any atom is 0.193 e. The molecule has 3 aromatic rings. The Kier molecular flexibility index (Phi) is 7.24. The summed E-state index contributed by atoms with van der Waals surface area (Å²) in [6, 6.07) is 8.69. The number of benzene rings is 1. The number of aromatic amines is 1. The van der Waals surface area contributed by atoms with Crippen molar-refractivity contribution >= 4 is 29.9 Å². The number of likely N-dealkylation sites (tertiary alicyclic amines) is 1. The molecule has 1 aliphatic rings. The zero-order chi connectivity index (χ0) is 19.3. The van der Waals surface area contributed by atoms with Crippen LogP contribution in [0.15, 0.2) is 54.3 Å². The zero-order valence-electron chi connectivity index (χ0n) is 16.7. The number of nitrogens with one attached hydrogen (secondary N) is 2. The van der Waals surface area contributed by atoms with E-state index < -0.39 is 0 Å². The molecule has 1 saturated heterocycles. The number of imidazole rings is 1. The molecule has 154 valence electrons. The van der Waals surface area contributed by atoms with Gasteiger partial charge >= 0.3 is 0 Å². The SMILES string of the molecule is CN=C(NCc1cccc(-c2ncn[nH]2)c1)N1CCC(C)C(n2ccnc2)C1.I. The van der Waals surface area contributed by atoms with Gasteiger partial charge in [-0.3, -0.25) is 10.1 Å². The first-order chi connectivity index (χ1) is 13.7. The maximum absolute atomic E-state index is 4.52. The van der Waals surface area contributed by atoms with Gasteiger partial charge < -0.3 is 14.8 Å². The first-order valence-electron chi connectivity index (χ1n) is 9.62. The van der Waals surface area contributed by atoms with Gasteiger partial charge in [0.05, 0.1) is 12.4 Å². The fourth-order valence-corrected chi connectivity index (χ4v) is 3.78. The van der Waals surface area contributed by atoms with Gasteiger partial charge in [0, 0.05) is 44.6 Å². The summed E-state index contributed by atoms with van der Waals surface area (Å²) in [4.78, 5) is 15.3. The van der Waals surface area contributed by atoms with Crippen molar-refractivity contribution in [2.24, 2.45) is 10.9 Å². The van der Waals surface area contributed by atoms with E-state index in [1.165, 1.54) is 11.9 Å². The van der Waals surface area contributed by atoms with E-state index in [4.69, 9.17) is 0 Å². The van der Waals surface area contributed by atoms with Gasteiger partial charge in [-0.1, -0.05) is 25.1 Å². The molecule has 0 spiro atoms. The molecular formula is C20H27IN8. The van der Waals surface area contributed by atoms with Gasteiger partial charge in [-0.05, 0) is 24.0 Å². The Labute approximate surface area is 187 Å². The molecule has 4 rings (SSSR count). The lowest BCUT2D eigenvalue weighted by molar-refractivity contribution is 0.189. The molecule has 29 heavy (non-hydrogen) atoms. The molecule has 1 fully saturated rings. The van der Waals surface area contributed by atoms with Gasteiger partial charge in [-0.15, -0.1) is 24.0 Å². The molecular weight excluding hydrogens is 479 g/mol. The quantitative estimate of drug-likeness (QED) is 0.323. The molecule has 0 bridgehead atoms. The molecule has 3 heterocycles. The summed E-state index contributed by atoms with van der Waals surface area (Å²) in [5, 5.41) is 10.4. The Morgan fingerprint density at radius 3 is 3.00 bits per heavy atom. The first-order valence-corrected chi connectivity index (χ1v) is 9.62. The molecule has 0 radical (unpaired) electrons. The number of piperidine rings is 1. The Balaban J connectivity index is 0.00000240. The first kappa shape index (κ1) is 21.3. The van der Waals surface area contributed by atoms with Gasteiger partial charge in [0.2, 0.25) is 0 Å². The maximum atomic E-state index is 4.52. The largest absolute Gasteiger partial charge is 0.352 e. The number of hydrogen-bond donors (Lipinski definition) is 2. The number of halogens is 1. The smallest absolute Gasteiger partial charge is 0.193 e. The summed E-state index contributed by atoms with van der Waals surface area (Å²) >= 11 is 0. The van der Waals surface area contributed by atoms with E-state index in [1.807, 2.05) is 31.7 Å². The highest BCUT2D eigenvalue weighted by molar-refractivity contribution is 14.0. The third-order valence-corrected chi connectivity index (χ3v) is 5.40. The zero-order valence-corrected chi connectivity index (χ0v) is 19.0. The molecule has 1 aromatic carbocycles. The van der Waals surface area contributed by atoms with Gasteiger partial charge in [-0.2, -0.15) is 5.10 Å². The number of aromatic nitrogens is 5. The summed E-state index contributed by atoms with van der Waals surface area (Å²) in [5.41, 5.74) is 2.20. The van der Waals surface area contributed by atoms with Crippen molar-refractivity contribution in [3.8, 4) is 11.4 Å². The predicted molar refractivity (Wildman–Crippen MR) is 124 cm³/mol. The number of guanidine groups is 1. The lowest BCUT2D eigenvalue weighted by Gasteiger charge is -2.39. The molecule has 9 heteroatoms. The third kappa shape index (κ3) is 4.95. The van der Waals surface area contributed by atoms with Gasteiger partial charge in [-0.25, -0.2) is 9.97 Å². The second-order valence-electron chi connectivity index (χ2n) is 7.22. The predicted octanol–water partition coefficient (Wildman–Crippen LogP) is 2.94. The van der Waals surface area contributed by atoms with Gasteiger partial charge in [0.25, 0.3) is 0 Å². The fraction of sp³-hybridized carbons (Fsp3) is 0.400. The van der Waals surface area contributed by atoms with E-state index in [-0.39, 0.29) is 24.0 Å². The minimum absolute atomic E-state index is 0. The minimum Gasteiger partial charge on any atom is -0.352 e. The highest BCUT2D eigenvalue weighted by Crippen LogP contribution is 2.27. The molecule has 0 aliphatic carbocycles. The molecule has 8 nitrogen and oxygen atoms in total. The normalized spacial score (nSPS) is 19.7. The number of nitrogens with zero attached hydrogens (tertiary/aromatic N) is 6. The van der Waals surface area contributed by atoms with Crippen molar-refractivity contribution in [2.45, 2.75) is 25.9 Å². The summed E-state index contributed by atoms with van der Waals surface area (Å²) in [5.74, 6) is 2.32. The number of rotatable bonds is 4. The van der Waals surface area contributed by atoms with E-state index in [2.05, 4.69) is 65.2 Å². The second kappa shape index (κ2) is 9.86. The lowest BCUT2D eigenvalue weighted by Crippen LogP contribution is -2.48. The van der Waals surface area contributed by atoms with Crippen LogP contribution in [0.3, 0.4) is 0 Å². The van der Waals surface area contributed by atoms with Crippen molar-refractivity contribution in [1.82, 2.24) is 34.9 Å². The van der Waals surface area contributed by atoms with Gasteiger partial charge in [0.15, 0.2) is 11.8 Å². The van der Waals surface area contributed by atoms with Crippen LogP contribution in [0.25, 0.3) is 11.4 Å². The minimum atomic E-state index is 0. The van der Waals surface area contributed by atoms with Crippen LogP contribution in [0.1, 0.15) is 24.9 Å². The lowest BCUT2D eigenvalue weighted by atomic mass is 9.93. The average Bonchev–Trinajstić information content (AvgIpc) is 3.44. The van der Waals surface area contributed by atoms with E-state index in [0.717, 1.165) is 36.9 Å². The number of aliphatic imine (C=N–C) groups is 1. The van der Waals surface area contributed by atoms with Crippen LogP contribution in [-0.2, 0) is 6.54 Å². The molecule has 1 aliphatic heterocycles. The topological polar surface area (TPSA) is 87.0 Å². The number of H-pyrrole nitrogens is 1. The van der Waals surface area contributed by atoms with Crippen molar-refractivity contribution in [3.63, 3.8) is 0 Å². The standard InChI is InChI=1S/C20H26N8.HI/c1-15-6-8-27(12-18(15)28-9-7-22-14-28)20(21-2)23-11-16-4-3-5-17(10-16)19-24-13-25-26-19;/h3-5,7,9-10,13-15,18H,6,8,11-12H2,1-2H3,(H,21,23)(H,24,25,26);1H. The average molecular weight is 506 g/mol. The molecule has 2 unspecified atom stereocenters. The van der Waals surface area contributed by atoms with Crippen molar-refractivity contribution < 1.29 is 0 Å².